The summed E-state index contributed by atoms with van der Waals surface area (Å²) in [6.45, 7) is 1.78. The average molecular weight is 357 g/mol. The molecule has 22 heavy (non-hydrogen) atoms. The van der Waals surface area contributed by atoms with Gasteiger partial charge in [-0.15, -0.1) is 11.3 Å². The summed E-state index contributed by atoms with van der Waals surface area (Å²) in [6.07, 6.45) is 1.96. The Bertz CT molecular complexity index is 818. The van der Waals surface area contributed by atoms with E-state index >= 15 is 0 Å². The highest BCUT2D eigenvalue weighted by Gasteiger charge is 2.39. The number of hydrogen-bond acceptors (Lipinski definition) is 7. The molecule has 3 rings (SSSR count). The van der Waals surface area contributed by atoms with Gasteiger partial charge in [-0.25, -0.2) is 18.4 Å². The third-order valence-corrected chi connectivity index (χ3v) is 7.24. The lowest BCUT2D eigenvalue weighted by Crippen LogP contribution is -2.47. The number of carbonyl (C=O) groups excluding carboxylic acids is 1. The fraction of sp³-hybridized carbons (Fsp3) is 0.462. The molecule has 1 amide bonds. The van der Waals surface area contributed by atoms with Gasteiger partial charge in [0.05, 0.1) is 22.8 Å². The van der Waals surface area contributed by atoms with E-state index in [1.165, 1.54) is 29.4 Å². The normalized spacial score (nSPS) is 23.7. The fourth-order valence-corrected chi connectivity index (χ4v) is 6.17. The Kier molecular flexibility index (Phi) is 4.13. The fourth-order valence-electron chi connectivity index (χ4n) is 2.50. The molecular weight excluding hydrogens is 342 g/mol. The Morgan fingerprint density at radius 1 is 1.50 bits per heavy atom. The minimum Gasteiger partial charge on any atom is -0.349 e. The van der Waals surface area contributed by atoms with Crippen molar-refractivity contribution >= 4 is 49.1 Å². The van der Waals surface area contributed by atoms with E-state index in [0.717, 1.165) is 15.2 Å². The number of nitrogens with zero attached hydrogens (tertiary/aromatic N) is 2. The van der Waals surface area contributed by atoms with Crippen LogP contribution in [-0.4, -0.2) is 47.1 Å². The number of rotatable bonds is 4. The minimum atomic E-state index is -3.03. The molecule has 1 aliphatic rings. The summed E-state index contributed by atoms with van der Waals surface area (Å²) < 4.78 is 23.1. The third-order valence-electron chi connectivity index (χ3n) is 3.51. The van der Waals surface area contributed by atoms with Crippen LogP contribution >= 0.6 is 23.1 Å². The lowest BCUT2D eigenvalue weighted by atomic mass is 10.0. The Hall–Kier alpha value is -1.19. The molecule has 2 aromatic heterocycles. The van der Waals surface area contributed by atoms with Gasteiger partial charge >= 0.3 is 0 Å². The van der Waals surface area contributed by atoms with E-state index in [1.54, 1.807) is 6.92 Å². The molecule has 1 N–H and O–H groups in total. The molecule has 1 fully saturated rings. The molecule has 0 saturated carbocycles. The largest absolute Gasteiger partial charge is 0.349 e. The average Bonchev–Trinajstić information content (AvgIpc) is 3.01. The van der Waals surface area contributed by atoms with Crippen LogP contribution in [0, 0.1) is 0 Å². The molecule has 0 radical (unpaired) electrons. The highest BCUT2D eigenvalue weighted by atomic mass is 32.2. The smallest absolute Gasteiger partial charge is 0.230 e. The van der Waals surface area contributed by atoms with E-state index in [4.69, 9.17) is 0 Å². The number of thiophene rings is 1. The molecule has 1 aliphatic heterocycles. The number of fused-ring (bicyclic) bond motifs is 1. The van der Waals surface area contributed by atoms with Gasteiger partial charge in [-0.1, -0.05) is 11.8 Å². The molecule has 2 aromatic rings. The molecule has 9 heteroatoms. The van der Waals surface area contributed by atoms with E-state index in [2.05, 4.69) is 15.3 Å². The number of sulfone groups is 1. The Labute approximate surface area is 136 Å². The first-order valence-electron chi connectivity index (χ1n) is 6.69. The molecule has 1 atom stereocenters. The molecule has 1 saturated heterocycles. The van der Waals surface area contributed by atoms with Gasteiger partial charge in [0, 0.05) is 5.39 Å². The number of hydrogen-bond donors (Lipinski definition) is 1. The topological polar surface area (TPSA) is 89.0 Å². The van der Waals surface area contributed by atoms with Crippen molar-refractivity contribution in [1.29, 1.82) is 0 Å². The summed E-state index contributed by atoms with van der Waals surface area (Å²) in [5.41, 5.74) is -0.653. The summed E-state index contributed by atoms with van der Waals surface area (Å²) in [5, 5.41) is 6.50. The molecule has 0 spiro atoms. The maximum absolute atomic E-state index is 12.1. The quantitative estimate of drug-likeness (QED) is 0.658. The zero-order valence-electron chi connectivity index (χ0n) is 11.9. The van der Waals surface area contributed by atoms with Crippen LogP contribution < -0.4 is 5.32 Å². The van der Waals surface area contributed by atoms with Gasteiger partial charge in [-0.3, -0.25) is 4.79 Å². The first kappa shape index (κ1) is 15.7. The number of carbonyl (C=O) groups is 1. The van der Waals surface area contributed by atoms with Crippen LogP contribution in [0.5, 0.6) is 0 Å². The van der Waals surface area contributed by atoms with Crippen LogP contribution in [0.15, 0.2) is 22.8 Å². The van der Waals surface area contributed by atoms with Gasteiger partial charge in [0.25, 0.3) is 0 Å². The van der Waals surface area contributed by atoms with E-state index < -0.39 is 15.4 Å². The summed E-state index contributed by atoms with van der Waals surface area (Å²) in [7, 11) is -3.03. The van der Waals surface area contributed by atoms with Crippen LogP contribution in [0.2, 0.25) is 0 Å². The highest BCUT2D eigenvalue weighted by Crippen LogP contribution is 2.28. The minimum absolute atomic E-state index is 0.0126. The molecule has 0 unspecified atom stereocenters. The summed E-state index contributed by atoms with van der Waals surface area (Å²) in [5.74, 6) is 0.181. The van der Waals surface area contributed by atoms with Gasteiger partial charge in [0.15, 0.2) is 9.84 Å². The number of nitrogens with one attached hydrogen (secondary N) is 1. The Balaban J connectivity index is 1.62. The van der Waals surface area contributed by atoms with Gasteiger partial charge in [0.2, 0.25) is 5.91 Å². The van der Waals surface area contributed by atoms with Crippen molar-refractivity contribution < 1.29 is 13.2 Å². The van der Waals surface area contributed by atoms with Gasteiger partial charge in [-0.2, -0.15) is 0 Å². The predicted molar refractivity (Wildman–Crippen MR) is 88.0 cm³/mol. The van der Waals surface area contributed by atoms with Crippen LogP contribution in [0.25, 0.3) is 10.2 Å². The standard InChI is InChI=1S/C13H15N3O3S3/c1-13(3-5-22(18,19)7-13)16-10(17)6-21-12-9-2-4-20-11(9)14-8-15-12/h2,4,8H,3,5-7H2,1H3,(H,16,17)/t13-/m0/s1. The summed E-state index contributed by atoms with van der Waals surface area (Å²) in [6, 6.07) is 1.94. The van der Waals surface area contributed by atoms with Crippen molar-refractivity contribution in [3.05, 3.63) is 17.8 Å². The van der Waals surface area contributed by atoms with E-state index in [-0.39, 0.29) is 23.2 Å². The second-order valence-electron chi connectivity index (χ2n) is 5.56. The van der Waals surface area contributed by atoms with Crippen LogP contribution in [0.3, 0.4) is 0 Å². The molecule has 6 nitrogen and oxygen atoms in total. The van der Waals surface area contributed by atoms with Crippen molar-refractivity contribution in [3.63, 3.8) is 0 Å². The van der Waals surface area contributed by atoms with Crippen molar-refractivity contribution in [2.45, 2.75) is 23.9 Å². The Morgan fingerprint density at radius 3 is 3.05 bits per heavy atom. The van der Waals surface area contributed by atoms with Crippen molar-refractivity contribution in [1.82, 2.24) is 15.3 Å². The third kappa shape index (κ3) is 3.41. The van der Waals surface area contributed by atoms with E-state index in [0.29, 0.717) is 6.42 Å². The number of thioether (sulfide) groups is 1. The van der Waals surface area contributed by atoms with Crippen molar-refractivity contribution in [2.24, 2.45) is 0 Å². The highest BCUT2D eigenvalue weighted by molar-refractivity contribution is 8.00. The van der Waals surface area contributed by atoms with Crippen LogP contribution in [-0.2, 0) is 14.6 Å². The second kappa shape index (κ2) is 5.78. The van der Waals surface area contributed by atoms with E-state index in [9.17, 15) is 13.2 Å². The van der Waals surface area contributed by atoms with Crippen LogP contribution in [0.4, 0.5) is 0 Å². The van der Waals surface area contributed by atoms with Gasteiger partial charge < -0.3 is 5.32 Å². The first-order valence-corrected chi connectivity index (χ1v) is 10.4. The zero-order chi connectivity index (χ0) is 15.8. The van der Waals surface area contributed by atoms with Crippen LogP contribution in [0.1, 0.15) is 13.3 Å². The molecule has 0 aliphatic carbocycles. The lowest BCUT2D eigenvalue weighted by molar-refractivity contribution is -0.120. The maximum Gasteiger partial charge on any atom is 0.230 e. The number of amides is 1. The molecule has 118 valence electrons. The monoisotopic (exact) mass is 357 g/mol. The molecule has 0 aromatic carbocycles. The van der Waals surface area contributed by atoms with Gasteiger partial charge in [0.1, 0.15) is 16.2 Å². The Morgan fingerprint density at radius 2 is 2.32 bits per heavy atom. The lowest BCUT2D eigenvalue weighted by Gasteiger charge is -2.23. The summed E-state index contributed by atoms with van der Waals surface area (Å²) >= 11 is 2.87. The molecule has 3 heterocycles. The molecule has 0 bridgehead atoms. The van der Waals surface area contributed by atoms with Crippen molar-refractivity contribution in [2.75, 3.05) is 17.3 Å². The maximum atomic E-state index is 12.1. The second-order valence-corrected chi connectivity index (χ2v) is 9.60. The SMILES string of the molecule is C[C@]1(NC(=O)CSc2ncnc3sccc23)CCS(=O)(=O)C1. The first-order chi connectivity index (χ1) is 10.4. The van der Waals surface area contributed by atoms with Crippen molar-refractivity contribution in [3.8, 4) is 0 Å². The molecular formula is C13H15N3O3S3. The number of aromatic nitrogens is 2. The van der Waals surface area contributed by atoms with E-state index in [1.807, 2.05) is 11.4 Å². The predicted octanol–water partition coefficient (Wildman–Crippen LogP) is 1.48. The zero-order valence-corrected chi connectivity index (χ0v) is 14.4. The summed E-state index contributed by atoms with van der Waals surface area (Å²) in [4.78, 5) is 21.4. The van der Waals surface area contributed by atoms with Gasteiger partial charge in [-0.05, 0) is 24.8 Å².